The fraction of sp³-hybridized carbons (Fsp3) is 0.0500. The molecule has 0 aliphatic carbocycles. The van der Waals surface area contributed by atoms with Gasteiger partial charge in [-0.15, -0.1) is 0 Å². The quantitative estimate of drug-likeness (QED) is 0.536. The molecule has 25 heavy (non-hydrogen) atoms. The predicted molar refractivity (Wildman–Crippen MR) is 95.2 cm³/mol. The van der Waals surface area contributed by atoms with Gasteiger partial charge in [-0.3, -0.25) is 4.98 Å². The molecule has 3 aromatic heterocycles. The van der Waals surface area contributed by atoms with E-state index < -0.39 is 5.97 Å². The number of hydrogen-bond donors (Lipinski definition) is 0. The van der Waals surface area contributed by atoms with Gasteiger partial charge in [-0.2, -0.15) is 5.10 Å². The molecular formula is C20H15N3O2. The van der Waals surface area contributed by atoms with Crippen molar-refractivity contribution >= 4 is 11.5 Å². The van der Waals surface area contributed by atoms with Crippen molar-refractivity contribution in [2.45, 2.75) is 0 Å². The SMILES string of the molecule is COC(=O)c1cnn2ccc(-c3ccccc3-c3ccccn3)cc12. The van der Waals surface area contributed by atoms with Crippen molar-refractivity contribution in [1.29, 1.82) is 0 Å². The van der Waals surface area contributed by atoms with Gasteiger partial charge >= 0.3 is 5.97 Å². The molecule has 1 aromatic carbocycles. The van der Waals surface area contributed by atoms with Crippen LogP contribution >= 0.6 is 0 Å². The van der Waals surface area contributed by atoms with Crippen LogP contribution in [0.3, 0.4) is 0 Å². The number of benzene rings is 1. The monoisotopic (exact) mass is 329 g/mol. The topological polar surface area (TPSA) is 56.5 Å². The summed E-state index contributed by atoms with van der Waals surface area (Å²) in [5.74, 6) is -0.398. The van der Waals surface area contributed by atoms with Gasteiger partial charge in [-0.25, -0.2) is 9.31 Å². The van der Waals surface area contributed by atoms with E-state index in [0.717, 1.165) is 22.4 Å². The Morgan fingerprint density at radius 3 is 2.60 bits per heavy atom. The highest BCUT2D eigenvalue weighted by Crippen LogP contribution is 2.31. The van der Waals surface area contributed by atoms with Crippen molar-refractivity contribution in [2.75, 3.05) is 7.11 Å². The molecule has 0 aliphatic rings. The summed E-state index contributed by atoms with van der Waals surface area (Å²) in [5, 5.41) is 4.21. The highest BCUT2D eigenvalue weighted by Gasteiger charge is 2.15. The number of ether oxygens (including phenoxy) is 1. The Labute approximate surface area is 144 Å². The minimum Gasteiger partial charge on any atom is -0.465 e. The van der Waals surface area contributed by atoms with Crippen molar-refractivity contribution in [3.8, 4) is 22.4 Å². The zero-order chi connectivity index (χ0) is 17.2. The number of esters is 1. The summed E-state index contributed by atoms with van der Waals surface area (Å²) in [6.07, 6.45) is 5.14. The summed E-state index contributed by atoms with van der Waals surface area (Å²) in [7, 11) is 1.37. The van der Waals surface area contributed by atoms with Crippen LogP contribution in [0.2, 0.25) is 0 Å². The van der Waals surface area contributed by atoms with Gasteiger partial charge in [0.2, 0.25) is 0 Å². The van der Waals surface area contributed by atoms with Crippen molar-refractivity contribution in [3.63, 3.8) is 0 Å². The van der Waals surface area contributed by atoms with Crippen LogP contribution < -0.4 is 0 Å². The molecule has 0 fully saturated rings. The second-order valence-corrected chi connectivity index (χ2v) is 5.56. The Hall–Kier alpha value is -3.47. The molecule has 0 saturated carbocycles. The molecule has 0 saturated heterocycles. The van der Waals surface area contributed by atoms with Crippen LogP contribution in [0, 0.1) is 0 Å². The van der Waals surface area contributed by atoms with Gasteiger partial charge in [0.25, 0.3) is 0 Å². The maximum Gasteiger partial charge on any atom is 0.341 e. The first kappa shape index (κ1) is 15.1. The number of aromatic nitrogens is 3. The lowest BCUT2D eigenvalue weighted by Crippen LogP contribution is -2.00. The molecule has 5 heteroatoms. The second-order valence-electron chi connectivity index (χ2n) is 5.56. The van der Waals surface area contributed by atoms with Crippen LogP contribution in [-0.2, 0) is 4.74 Å². The van der Waals surface area contributed by atoms with E-state index in [2.05, 4.69) is 10.1 Å². The van der Waals surface area contributed by atoms with Crippen LogP contribution in [0.1, 0.15) is 10.4 Å². The van der Waals surface area contributed by atoms with Gasteiger partial charge < -0.3 is 4.74 Å². The Balaban J connectivity index is 1.90. The first-order valence-corrected chi connectivity index (χ1v) is 7.84. The van der Waals surface area contributed by atoms with Gasteiger partial charge in [-0.05, 0) is 35.4 Å². The first-order valence-electron chi connectivity index (χ1n) is 7.84. The third kappa shape index (κ3) is 2.65. The summed E-state index contributed by atoms with van der Waals surface area (Å²) in [6.45, 7) is 0. The molecular weight excluding hydrogens is 314 g/mol. The van der Waals surface area contributed by atoms with Crippen LogP contribution in [0.4, 0.5) is 0 Å². The van der Waals surface area contributed by atoms with E-state index in [-0.39, 0.29) is 0 Å². The highest BCUT2D eigenvalue weighted by atomic mass is 16.5. The first-order chi connectivity index (χ1) is 12.3. The Morgan fingerprint density at radius 1 is 1.04 bits per heavy atom. The largest absolute Gasteiger partial charge is 0.465 e. The number of nitrogens with zero attached hydrogens (tertiary/aromatic N) is 3. The van der Waals surface area contributed by atoms with E-state index >= 15 is 0 Å². The number of carbonyl (C=O) groups excluding carboxylic acids is 1. The van der Waals surface area contributed by atoms with Gasteiger partial charge in [0.15, 0.2) is 0 Å². The lowest BCUT2D eigenvalue weighted by molar-refractivity contribution is 0.0603. The molecule has 122 valence electrons. The van der Waals surface area contributed by atoms with Gasteiger partial charge in [0.1, 0.15) is 5.56 Å². The molecule has 0 bridgehead atoms. The standard InChI is InChI=1S/C20H15N3O2/c1-25-20(24)17-13-22-23-11-9-14(12-19(17)23)15-6-2-3-7-16(15)18-8-4-5-10-21-18/h2-13H,1H3. The van der Waals surface area contributed by atoms with Crippen LogP contribution in [0.5, 0.6) is 0 Å². The fourth-order valence-corrected chi connectivity index (χ4v) is 2.90. The molecule has 0 amide bonds. The molecule has 4 rings (SSSR count). The van der Waals surface area contributed by atoms with E-state index in [0.29, 0.717) is 11.1 Å². The van der Waals surface area contributed by atoms with E-state index in [4.69, 9.17) is 4.74 Å². The highest BCUT2D eigenvalue weighted by molar-refractivity contribution is 5.97. The Bertz CT molecular complexity index is 1050. The molecule has 0 unspecified atom stereocenters. The van der Waals surface area contributed by atoms with E-state index in [9.17, 15) is 4.79 Å². The predicted octanol–water partition coefficient (Wildman–Crippen LogP) is 3.85. The maximum atomic E-state index is 11.9. The number of methoxy groups -OCH3 is 1. The Morgan fingerprint density at radius 2 is 1.84 bits per heavy atom. The zero-order valence-corrected chi connectivity index (χ0v) is 13.6. The van der Waals surface area contributed by atoms with Crippen molar-refractivity contribution in [3.05, 3.63) is 78.8 Å². The molecule has 0 spiro atoms. The minimum absolute atomic E-state index is 0.398. The van der Waals surface area contributed by atoms with Crippen molar-refractivity contribution in [2.24, 2.45) is 0 Å². The van der Waals surface area contributed by atoms with Gasteiger partial charge in [0.05, 0.1) is 24.5 Å². The van der Waals surface area contributed by atoms with E-state index in [1.165, 1.54) is 13.3 Å². The van der Waals surface area contributed by atoms with Crippen LogP contribution in [0.25, 0.3) is 27.9 Å². The van der Waals surface area contributed by atoms with Crippen LogP contribution in [-0.4, -0.2) is 27.7 Å². The lowest BCUT2D eigenvalue weighted by atomic mass is 9.97. The number of carbonyl (C=O) groups is 1. The summed E-state index contributed by atoms with van der Waals surface area (Å²) in [5.41, 5.74) is 5.12. The third-order valence-corrected chi connectivity index (χ3v) is 4.11. The van der Waals surface area contributed by atoms with E-state index in [1.54, 1.807) is 10.7 Å². The van der Waals surface area contributed by atoms with Gasteiger partial charge in [0, 0.05) is 18.0 Å². The average Bonchev–Trinajstić information content (AvgIpc) is 3.11. The molecule has 4 aromatic rings. The summed E-state index contributed by atoms with van der Waals surface area (Å²) in [4.78, 5) is 16.4. The molecule has 0 atom stereocenters. The molecule has 0 aliphatic heterocycles. The number of hydrogen-bond acceptors (Lipinski definition) is 4. The summed E-state index contributed by atoms with van der Waals surface area (Å²) < 4.78 is 6.50. The van der Waals surface area contributed by atoms with Crippen LogP contribution in [0.15, 0.2) is 73.2 Å². The van der Waals surface area contributed by atoms with Gasteiger partial charge in [-0.1, -0.05) is 30.3 Å². The lowest BCUT2D eigenvalue weighted by Gasteiger charge is -2.10. The summed E-state index contributed by atoms with van der Waals surface area (Å²) in [6, 6.07) is 17.8. The zero-order valence-electron chi connectivity index (χ0n) is 13.6. The normalized spacial score (nSPS) is 10.8. The fourth-order valence-electron chi connectivity index (χ4n) is 2.90. The average molecular weight is 329 g/mol. The Kier molecular flexibility index (Phi) is 3.74. The third-order valence-electron chi connectivity index (χ3n) is 4.11. The smallest absolute Gasteiger partial charge is 0.341 e. The molecule has 0 N–H and O–H groups in total. The molecule has 5 nitrogen and oxygen atoms in total. The number of pyridine rings is 2. The number of fused-ring (bicyclic) bond motifs is 1. The van der Waals surface area contributed by atoms with Crippen molar-refractivity contribution < 1.29 is 9.53 Å². The summed E-state index contributed by atoms with van der Waals surface area (Å²) >= 11 is 0. The van der Waals surface area contributed by atoms with Crippen molar-refractivity contribution in [1.82, 2.24) is 14.6 Å². The minimum atomic E-state index is -0.398. The maximum absolute atomic E-state index is 11.9. The van der Waals surface area contributed by atoms with E-state index in [1.807, 2.05) is 60.8 Å². The molecule has 3 heterocycles. The number of rotatable bonds is 3. The molecule has 0 radical (unpaired) electrons. The second kappa shape index (κ2) is 6.20.